The van der Waals surface area contributed by atoms with E-state index in [9.17, 15) is 0 Å². The number of ether oxygens (including phenoxy) is 2. The second-order valence-corrected chi connectivity index (χ2v) is 26.1. The average molecular weight is 457 g/mol. The highest BCUT2D eigenvalue weighted by Gasteiger charge is 2.44. The summed E-state index contributed by atoms with van der Waals surface area (Å²) in [6.07, 6.45) is 0.765. The molecule has 0 fully saturated rings. The normalized spacial score (nSPS) is 17.0. The third-order valence-electron chi connectivity index (χ3n) is 3.34. The molecule has 0 heterocycles. The zero-order valence-corrected chi connectivity index (χ0v) is 23.3. The van der Waals surface area contributed by atoms with E-state index in [-0.39, 0.29) is 12.7 Å². The van der Waals surface area contributed by atoms with E-state index in [2.05, 4.69) is 58.9 Å². The van der Waals surface area contributed by atoms with Gasteiger partial charge in [0, 0.05) is 6.61 Å². The Hall–Kier alpha value is 0.628. The molecular formula is C17H44O6Si4. The largest absolute Gasteiger partial charge is 0.437 e. The van der Waals surface area contributed by atoms with Crippen molar-refractivity contribution in [1.29, 1.82) is 0 Å². The van der Waals surface area contributed by atoms with Crippen molar-refractivity contribution in [3.05, 3.63) is 0 Å². The standard InChI is InChI=1S/C17H44O6Si4/c1-17(16-18)20-14-13-19-12-11-15-27(10,22-25(5,6)7)23-26(8,9)21-24(2,3)4/h17-18H,11-16H2,1-10H3. The van der Waals surface area contributed by atoms with Gasteiger partial charge in [0.15, 0.2) is 16.6 Å². The van der Waals surface area contributed by atoms with Gasteiger partial charge in [-0.15, -0.1) is 0 Å². The van der Waals surface area contributed by atoms with E-state index in [1.54, 1.807) is 0 Å². The lowest BCUT2D eigenvalue weighted by Gasteiger charge is -2.41. The molecule has 0 aliphatic rings. The summed E-state index contributed by atoms with van der Waals surface area (Å²) in [5.41, 5.74) is 0. The number of hydrogen-bond donors (Lipinski definition) is 1. The van der Waals surface area contributed by atoms with Gasteiger partial charge in [0.25, 0.3) is 0 Å². The van der Waals surface area contributed by atoms with Gasteiger partial charge < -0.3 is 26.9 Å². The molecule has 0 saturated carbocycles. The van der Waals surface area contributed by atoms with Gasteiger partial charge in [-0.1, -0.05) is 0 Å². The Morgan fingerprint density at radius 3 is 1.78 bits per heavy atom. The summed E-state index contributed by atoms with van der Waals surface area (Å²) in [7, 11) is -7.95. The van der Waals surface area contributed by atoms with Crippen molar-refractivity contribution in [2.75, 3.05) is 26.4 Å². The van der Waals surface area contributed by atoms with E-state index >= 15 is 0 Å². The maximum Gasteiger partial charge on any atom is 0.315 e. The molecule has 0 aromatic heterocycles. The van der Waals surface area contributed by atoms with Crippen molar-refractivity contribution in [2.45, 2.75) is 84.4 Å². The van der Waals surface area contributed by atoms with E-state index in [1.807, 2.05) is 6.92 Å². The molecule has 1 N–H and O–H groups in total. The van der Waals surface area contributed by atoms with Crippen molar-refractivity contribution in [1.82, 2.24) is 0 Å². The summed E-state index contributed by atoms with van der Waals surface area (Å²) in [5, 5.41) is 8.93. The molecule has 0 amide bonds. The molecule has 0 saturated heterocycles. The van der Waals surface area contributed by atoms with Crippen molar-refractivity contribution in [3.8, 4) is 0 Å². The molecule has 0 aromatic carbocycles. The maximum absolute atomic E-state index is 8.93. The molecule has 27 heavy (non-hydrogen) atoms. The third kappa shape index (κ3) is 16.1. The van der Waals surface area contributed by atoms with Crippen molar-refractivity contribution >= 4 is 33.8 Å². The molecule has 2 atom stereocenters. The molecule has 0 radical (unpaired) electrons. The Bertz CT molecular complexity index is 411. The van der Waals surface area contributed by atoms with Crippen LogP contribution < -0.4 is 0 Å². The molecule has 0 aliphatic carbocycles. The lowest BCUT2D eigenvalue weighted by atomic mass is 10.4. The van der Waals surface area contributed by atoms with Gasteiger partial charge in [-0.05, 0) is 78.3 Å². The van der Waals surface area contributed by atoms with Crippen LogP contribution in [0.1, 0.15) is 13.3 Å². The Kier molecular flexibility index (Phi) is 12.0. The van der Waals surface area contributed by atoms with E-state index in [4.69, 9.17) is 26.9 Å². The van der Waals surface area contributed by atoms with Gasteiger partial charge >= 0.3 is 17.1 Å². The quantitative estimate of drug-likeness (QED) is 0.293. The number of rotatable bonds is 15. The first-order chi connectivity index (χ1) is 12.1. The van der Waals surface area contributed by atoms with Crippen LogP contribution in [-0.2, 0) is 21.8 Å². The summed E-state index contributed by atoms with van der Waals surface area (Å²) in [6, 6.07) is 0.899. The SMILES string of the molecule is CC(CO)OCCOCCC[Si](C)(O[Si](C)(C)C)O[Si](C)(C)O[Si](C)(C)C. The van der Waals surface area contributed by atoms with Crippen LogP contribution >= 0.6 is 0 Å². The Labute approximate surface area is 171 Å². The zero-order valence-electron chi connectivity index (χ0n) is 19.3. The van der Waals surface area contributed by atoms with Gasteiger partial charge in [0.1, 0.15) is 0 Å². The van der Waals surface area contributed by atoms with E-state index in [1.165, 1.54) is 0 Å². The van der Waals surface area contributed by atoms with Crippen LogP contribution in [0.4, 0.5) is 0 Å². The molecule has 0 aliphatic heterocycles. The summed E-state index contributed by atoms with van der Waals surface area (Å²) in [6.45, 7) is 23.3. The molecule has 0 bridgehead atoms. The highest BCUT2D eigenvalue weighted by molar-refractivity contribution is 6.89. The van der Waals surface area contributed by atoms with Crippen LogP contribution in [0, 0.1) is 0 Å². The second-order valence-electron chi connectivity index (χ2n) is 9.64. The molecule has 2 unspecified atom stereocenters. The highest BCUT2D eigenvalue weighted by atomic mass is 28.5. The van der Waals surface area contributed by atoms with Crippen LogP contribution in [0.25, 0.3) is 0 Å². The number of hydrogen-bond acceptors (Lipinski definition) is 6. The van der Waals surface area contributed by atoms with Gasteiger partial charge in [-0.3, -0.25) is 0 Å². The maximum atomic E-state index is 8.93. The second kappa shape index (κ2) is 11.7. The minimum atomic E-state index is -2.34. The van der Waals surface area contributed by atoms with E-state index < -0.39 is 33.8 Å². The first kappa shape index (κ1) is 27.6. The summed E-state index contributed by atoms with van der Waals surface area (Å²) >= 11 is 0. The van der Waals surface area contributed by atoms with Gasteiger partial charge in [-0.2, -0.15) is 0 Å². The van der Waals surface area contributed by atoms with Gasteiger partial charge in [-0.25, -0.2) is 0 Å². The smallest absolute Gasteiger partial charge is 0.315 e. The summed E-state index contributed by atoms with van der Waals surface area (Å²) < 4.78 is 30.7. The predicted molar refractivity (Wildman–Crippen MR) is 122 cm³/mol. The van der Waals surface area contributed by atoms with E-state index in [0.29, 0.717) is 19.8 Å². The molecule has 0 aromatic rings. The van der Waals surface area contributed by atoms with Crippen LogP contribution in [0.15, 0.2) is 0 Å². The summed E-state index contributed by atoms with van der Waals surface area (Å²) in [4.78, 5) is 0. The highest BCUT2D eigenvalue weighted by Crippen LogP contribution is 2.27. The topological polar surface area (TPSA) is 66.4 Å². The Morgan fingerprint density at radius 1 is 0.741 bits per heavy atom. The monoisotopic (exact) mass is 456 g/mol. The van der Waals surface area contributed by atoms with Gasteiger partial charge in [0.05, 0.1) is 25.9 Å². The van der Waals surface area contributed by atoms with Crippen LogP contribution in [-0.4, -0.2) is 71.4 Å². The minimum Gasteiger partial charge on any atom is -0.437 e. The number of aliphatic hydroxyl groups excluding tert-OH is 1. The molecule has 0 spiro atoms. The average Bonchev–Trinajstić information content (AvgIpc) is 2.40. The fourth-order valence-electron chi connectivity index (χ4n) is 3.01. The Balaban J connectivity index is 4.58. The lowest BCUT2D eigenvalue weighted by Crippen LogP contribution is -2.56. The predicted octanol–water partition coefficient (Wildman–Crippen LogP) is 4.28. The molecule has 0 rings (SSSR count). The van der Waals surface area contributed by atoms with Crippen LogP contribution in [0.3, 0.4) is 0 Å². The molecule has 10 heteroatoms. The minimum absolute atomic E-state index is 0.0362. The molecular weight excluding hydrogens is 413 g/mol. The van der Waals surface area contributed by atoms with E-state index in [0.717, 1.165) is 12.5 Å². The Morgan fingerprint density at radius 2 is 1.30 bits per heavy atom. The van der Waals surface area contributed by atoms with Crippen molar-refractivity contribution in [2.24, 2.45) is 0 Å². The molecule has 164 valence electrons. The van der Waals surface area contributed by atoms with Crippen LogP contribution in [0.5, 0.6) is 0 Å². The lowest BCUT2D eigenvalue weighted by molar-refractivity contribution is -0.0103. The van der Waals surface area contributed by atoms with Gasteiger partial charge in [0.2, 0.25) is 0 Å². The first-order valence-corrected chi connectivity index (χ1v) is 22.1. The third-order valence-corrected chi connectivity index (χ3v) is 16.9. The molecule has 6 nitrogen and oxygen atoms in total. The fraction of sp³-hybridized carbons (Fsp3) is 1.00. The fourth-order valence-corrected chi connectivity index (χ4v) is 20.9. The van der Waals surface area contributed by atoms with Crippen LogP contribution in [0.2, 0.25) is 65.0 Å². The zero-order chi connectivity index (χ0) is 21.4. The number of aliphatic hydroxyl groups is 1. The first-order valence-electron chi connectivity index (χ1n) is 9.98. The summed E-state index contributed by atoms with van der Waals surface area (Å²) in [5.74, 6) is 0. The van der Waals surface area contributed by atoms with Crippen molar-refractivity contribution < 1.29 is 26.9 Å². The van der Waals surface area contributed by atoms with Crippen molar-refractivity contribution in [3.63, 3.8) is 0 Å².